The maximum absolute atomic E-state index is 5.63. The van der Waals surface area contributed by atoms with Crippen molar-refractivity contribution < 1.29 is 9.47 Å². The first-order valence-electron chi connectivity index (χ1n) is 8.53. The van der Waals surface area contributed by atoms with Gasteiger partial charge in [-0.15, -0.1) is 0 Å². The number of ether oxygens (including phenoxy) is 2. The summed E-state index contributed by atoms with van der Waals surface area (Å²) in [4.78, 5) is 0. The summed E-state index contributed by atoms with van der Waals surface area (Å²) in [5.74, 6) is 1.72. The molecule has 1 unspecified atom stereocenters. The molecule has 0 saturated carbocycles. The third kappa shape index (κ3) is 4.27. The molecule has 1 aromatic carbocycles. The van der Waals surface area contributed by atoms with Crippen molar-refractivity contribution in [3.63, 3.8) is 0 Å². The van der Waals surface area contributed by atoms with Crippen molar-refractivity contribution in [3.8, 4) is 11.5 Å². The lowest BCUT2D eigenvalue weighted by molar-refractivity contribution is 0.171. The highest BCUT2D eigenvalue weighted by Crippen LogP contribution is 2.30. The van der Waals surface area contributed by atoms with Gasteiger partial charge in [0.1, 0.15) is 13.2 Å². The van der Waals surface area contributed by atoms with Gasteiger partial charge in [-0.25, -0.2) is 0 Å². The van der Waals surface area contributed by atoms with E-state index in [0.29, 0.717) is 24.7 Å². The molecule has 0 aliphatic carbocycles. The highest BCUT2D eigenvalue weighted by molar-refractivity contribution is 5.43. The zero-order valence-electron chi connectivity index (χ0n) is 14.4. The van der Waals surface area contributed by atoms with Crippen LogP contribution in [0, 0.1) is 5.41 Å². The van der Waals surface area contributed by atoms with Crippen LogP contribution in [0.5, 0.6) is 11.5 Å². The molecule has 0 bridgehead atoms. The molecule has 0 fully saturated rings. The molecule has 4 heteroatoms. The fourth-order valence-electron chi connectivity index (χ4n) is 3.05. The molecule has 2 N–H and O–H groups in total. The molecule has 2 aliphatic heterocycles. The molecule has 0 spiro atoms. The number of nitrogens with one attached hydrogen (secondary N) is 2. The number of hydrogen-bond acceptors (Lipinski definition) is 4. The standard InChI is InChI=1S/C19H28N2O2/c1-19(2,3)18-7-5-15(13-21-18)12-20-11-14-4-6-16-17(10-14)23-9-8-22-16/h4-6,10,18,20-21H,7-9,11-13H2,1-3H3. The first kappa shape index (κ1) is 16.3. The van der Waals surface area contributed by atoms with Crippen molar-refractivity contribution in [2.75, 3.05) is 26.3 Å². The first-order chi connectivity index (χ1) is 11.0. The van der Waals surface area contributed by atoms with Crippen molar-refractivity contribution in [2.24, 2.45) is 5.41 Å². The van der Waals surface area contributed by atoms with Gasteiger partial charge in [-0.05, 0) is 35.1 Å². The second-order valence-electron chi connectivity index (χ2n) is 7.48. The van der Waals surface area contributed by atoms with E-state index < -0.39 is 0 Å². The average Bonchev–Trinajstić information content (AvgIpc) is 2.54. The molecule has 0 amide bonds. The first-order valence-corrected chi connectivity index (χ1v) is 8.53. The fraction of sp³-hybridized carbons (Fsp3) is 0.579. The van der Waals surface area contributed by atoms with E-state index in [0.717, 1.165) is 37.6 Å². The Labute approximate surface area is 139 Å². The third-order valence-electron chi connectivity index (χ3n) is 4.55. The predicted octanol–water partition coefficient (Wildman–Crippen LogP) is 2.88. The van der Waals surface area contributed by atoms with Crippen LogP contribution in [0.25, 0.3) is 0 Å². The molecule has 0 aromatic heterocycles. The van der Waals surface area contributed by atoms with Gasteiger partial charge in [-0.1, -0.05) is 32.9 Å². The van der Waals surface area contributed by atoms with Crippen LogP contribution in [0.2, 0.25) is 0 Å². The van der Waals surface area contributed by atoms with E-state index >= 15 is 0 Å². The monoisotopic (exact) mass is 316 g/mol. The molecular weight excluding hydrogens is 288 g/mol. The molecule has 2 heterocycles. The summed E-state index contributed by atoms with van der Waals surface area (Å²) in [6, 6.07) is 6.75. The van der Waals surface area contributed by atoms with Crippen LogP contribution in [0.15, 0.2) is 29.8 Å². The van der Waals surface area contributed by atoms with Gasteiger partial charge < -0.3 is 20.1 Å². The van der Waals surface area contributed by atoms with Crippen LogP contribution < -0.4 is 20.1 Å². The van der Waals surface area contributed by atoms with Crippen LogP contribution in [0.1, 0.15) is 32.8 Å². The van der Waals surface area contributed by atoms with E-state index in [4.69, 9.17) is 9.47 Å². The molecule has 1 aromatic rings. The quantitative estimate of drug-likeness (QED) is 0.838. The minimum Gasteiger partial charge on any atom is -0.486 e. The lowest BCUT2D eigenvalue weighted by atomic mass is 9.83. The Kier molecular flexibility index (Phi) is 4.93. The van der Waals surface area contributed by atoms with Crippen LogP contribution in [-0.4, -0.2) is 32.3 Å². The van der Waals surface area contributed by atoms with Gasteiger partial charge in [0.05, 0.1) is 0 Å². The molecule has 23 heavy (non-hydrogen) atoms. The van der Waals surface area contributed by atoms with E-state index in [1.807, 2.05) is 6.07 Å². The molecule has 126 valence electrons. The summed E-state index contributed by atoms with van der Waals surface area (Å²) in [6.45, 7) is 10.9. The van der Waals surface area contributed by atoms with E-state index in [9.17, 15) is 0 Å². The molecule has 3 rings (SSSR count). The van der Waals surface area contributed by atoms with Crippen LogP contribution >= 0.6 is 0 Å². The summed E-state index contributed by atoms with van der Waals surface area (Å²) in [7, 11) is 0. The number of hydrogen-bond donors (Lipinski definition) is 2. The second kappa shape index (κ2) is 6.93. The summed E-state index contributed by atoms with van der Waals surface area (Å²) in [6.07, 6.45) is 3.51. The summed E-state index contributed by atoms with van der Waals surface area (Å²) < 4.78 is 11.2. The maximum atomic E-state index is 5.63. The minimum atomic E-state index is 0.320. The van der Waals surface area contributed by atoms with E-state index in [2.05, 4.69) is 49.6 Å². The van der Waals surface area contributed by atoms with Crippen molar-refractivity contribution in [3.05, 3.63) is 35.4 Å². The number of rotatable bonds is 4. The molecular formula is C19H28N2O2. The fourth-order valence-corrected chi connectivity index (χ4v) is 3.05. The van der Waals surface area contributed by atoms with Gasteiger partial charge in [0.2, 0.25) is 0 Å². The topological polar surface area (TPSA) is 42.5 Å². The Balaban J connectivity index is 1.48. The normalized spacial score (nSPS) is 21.0. The Morgan fingerprint density at radius 1 is 1.13 bits per heavy atom. The molecule has 0 radical (unpaired) electrons. The SMILES string of the molecule is CC(C)(C)C1CC=C(CNCc2ccc3c(c2)OCCO3)CN1. The van der Waals surface area contributed by atoms with Gasteiger partial charge in [0.25, 0.3) is 0 Å². The second-order valence-corrected chi connectivity index (χ2v) is 7.48. The van der Waals surface area contributed by atoms with Gasteiger partial charge in [0, 0.05) is 25.7 Å². The average molecular weight is 316 g/mol. The van der Waals surface area contributed by atoms with Gasteiger partial charge >= 0.3 is 0 Å². The minimum absolute atomic E-state index is 0.320. The van der Waals surface area contributed by atoms with Crippen molar-refractivity contribution in [1.29, 1.82) is 0 Å². The Morgan fingerprint density at radius 2 is 1.91 bits per heavy atom. The number of fused-ring (bicyclic) bond motifs is 1. The van der Waals surface area contributed by atoms with Crippen LogP contribution in [0.3, 0.4) is 0 Å². The van der Waals surface area contributed by atoms with E-state index in [1.165, 1.54) is 11.1 Å². The maximum Gasteiger partial charge on any atom is 0.161 e. The summed E-state index contributed by atoms with van der Waals surface area (Å²) in [5.41, 5.74) is 3.00. The smallest absolute Gasteiger partial charge is 0.161 e. The largest absolute Gasteiger partial charge is 0.486 e. The zero-order valence-corrected chi connectivity index (χ0v) is 14.4. The van der Waals surface area contributed by atoms with Gasteiger partial charge in [-0.3, -0.25) is 0 Å². The molecule has 2 aliphatic rings. The number of benzene rings is 1. The highest BCUT2D eigenvalue weighted by Gasteiger charge is 2.25. The van der Waals surface area contributed by atoms with Crippen molar-refractivity contribution in [1.82, 2.24) is 10.6 Å². The predicted molar refractivity (Wildman–Crippen MR) is 93.1 cm³/mol. The van der Waals surface area contributed by atoms with E-state index in [-0.39, 0.29) is 0 Å². The Hall–Kier alpha value is -1.52. The summed E-state index contributed by atoms with van der Waals surface area (Å²) in [5, 5.41) is 7.18. The third-order valence-corrected chi connectivity index (χ3v) is 4.55. The summed E-state index contributed by atoms with van der Waals surface area (Å²) >= 11 is 0. The lowest BCUT2D eigenvalue weighted by Gasteiger charge is -2.34. The molecule has 0 saturated heterocycles. The molecule has 4 nitrogen and oxygen atoms in total. The zero-order chi connectivity index (χ0) is 16.3. The van der Waals surface area contributed by atoms with Crippen LogP contribution in [0.4, 0.5) is 0 Å². The van der Waals surface area contributed by atoms with E-state index in [1.54, 1.807) is 0 Å². The van der Waals surface area contributed by atoms with Gasteiger partial charge in [0.15, 0.2) is 11.5 Å². The Bertz CT molecular complexity index is 575. The van der Waals surface area contributed by atoms with Crippen molar-refractivity contribution in [2.45, 2.75) is 39.8 Å². The van der Waals surface area contributed by atoms with Gasteiger partial charge in [-0.2, -0.15) is 0 Å². The van der Waals surface area contributed by atoms with Crippen molar-refractivity contribution >= 4 is 0 Å². The molecule has 1 atom stereocenters. The van der Waals surface area contributed by atoms with Crippen LogP contribution in [-0.2, 0) is 6.54 Å². The highest BCUT2D eigenvalue weighted by atomic mass is 16.6. The Morgan fingerprint density at radius 3 is 2.61 bits per heavy atom. The lowest BCUT2D eigenvalue weighted by Crippen LogP contribution is -2.44.